The summed E-state index contributed by atoms with van der Waals surface area (Å²) in [4.78, 5) is 0. The van der Waals surface area contributed by atoms with Gasteiger partial charge in [0, 0.05) is 17.7 Å². The minimum atomic E-state index is 0.0401. The Labute approximate surface area is 88.5 Å². The fourth-order valence-electron chi connectivity index (χ4n) is 1.73. The second kappa shape index (κ2) is 4.08. The summed E-state index contributed by atoms with van der Waals surface area (Å²) in [6.45, 7) is 2.56. The van der Waals surface area contributed by atoms with Gasteiger partial charge in [-0.05, 0) is 19.1 Å². The molecule has 0 saturated heterocycles. The van der Waals surface area contributed by atoms with E-state index in [2.05, 4.69) is 5.32 Å². The quantitative estimate of drug-likeness (QED) is 0.689. The molecule has 0 saturated carbocycles. The van der Waals surface area contributed by atoms with Crippen molar-refractivity contribution in [1.29, 1.82) is 0 Å². The van der Waals surface area contributed by atoms with Crippen LogP contribution in [0.2, 0.25) is 0 Å². The molecular formula is C11H15NO3. The largest absolute Gasteiger partial charge is 0.508 e. The summed E-state index contributed by atoms with van der Waals surface area (Å²) < 4.78 is 5.43. The van der Waals surface area contributed by atoms with Crippen LogP contribution in [0.25, 0.3) is 0 Å². The number of aliphatic hydroxyl groups excluding tert-OH is 1. The predicted octanol–water partition coefficient (Wildman–Crippen LogP) is 0.796. The number of benzene rings is 1. The highest BCUT2D eigenvalue weighted by Gasteiger charge is 2.25. The SMILES string of the molecule is CC(CO)NC1COc2cc(O)ccc21. The van der Waals surface area contributed by atoms with E-state index in [0.29, 0.717) is 6.61 Å². The summed E-state index contributed by atoms with van der Waals surface area (Å²) in [5.41, 5.74) is 1.04. The maximum Gasteiger partial charge on any atom is 0.127 e. The summed E-state index contributed by atoms with van der Waals surface area (Å²) in [5.74, 6) is 0.933. The smallest absolute Gasteiger partial charge is 0.127 e. The molecule has 1 aliphatic heterocycles. The van der Waals surface area contributed by atoms with Crippen molar-refractivity contribution in [2.75, 3.05) is 13.2 Å². The Morgan fingerprint density at radius 1 is 1.60 bits per heavy atom. The summed E-state index contributed by atoms with van der Waals surface area (Å²) in [7, 11) is 0. The Morgan fingerprint density at radius 3 is 3.13 bits per heavy atom. The fraction of sp³-hybridized carbons (Fsp3) is 0.455. The zero-order valence-corrected chi connectivity index (χ0v) is 8.60. The number of fused-ring (bicyclic) bond motifs is 1. The van der Waals surface area contributed by atoms with E-state index in [9.17, 15) is 5.11 Å². The van der Waals surface area contributed by atoms with E-state index < -0.39 is 0 Å². The van der Waals surface area contributed by atoms with Crippen molar-refractivity contribution in [1.82, 2.24) is 5.32 Å². The molecule has 82 valence electrons. The maximum absolute atomic E-state index is 9.27. The first-order chi connectivity index (χ1) is 7.20. The van der Waals surface area contributed by atoms with Gasteiger partial charge in [0.2, 0.25) is 0 Å². The molecule has 1 aromatic rings. The monoisotopic (exact) mass is 209 g/mol. The zero-order valence-electron chi connectivity index (χ0n) is 8.60. The van der Waals surface area contributed by atoms with Crippen LogP contribution in [0.15, 0.2) is 18.2 Å². The van der Waals surface area contributed by atoms with Gasteiger partial charge < -0.3 is 20.3 Å². The van der Waals surface area contributed by atoms with Crippen LogP contribution < -0.4 is 10.1 Å². The molecule has 2 rings (SSSR count). The van der Waals surface area contributed by atoms with Gasteiger partial charge in [0.25, 0.3) is 0 Å². The zero-order chi connectivity index (χ0) is 10.8. The molecule has 2 atom stereocenters. The van der Waals surface area contributed by atoms with Crippen LogP contribution in [-0.4, -0.2) is 29.5 Å². The lowest BCUT2D eigenvalue weighted by molar-refractivity contribution is 0.227. The first-order valence-corrected chi connectivity index (χ1v) is 5.03. The highest BCUT2D eigenvalue weighted by molar-refractivity contribution is 5.44. The van der Waals surface area contributed by atoms with Gasteiger partial charge in [-0.1, -0.05) is 0 Å². The number of phenolic OH excluding ortho intramolecular Hbond substituents is 1. The van der Waals surface area contributed by atoms with Crippen LogP contribution in [0.3, 0.4) is 0 Å². The highest BCUT2D eigenvalue weighted by atomic mass is 16.5. The van der Waals surface area contributed by atoms with Gasteiger partial charge in [0.1, 0.15) is 18.1 Å². The van der Waals surface area contributed by atoms with E-state index in [1.807, 2.05) is 13.0 Å². The molecule has 0 spiro atoms. The van der Waals surface area contributed by atoms with E-state index in [-0.39, 0.29) is 24.4 Å². The third-order valence-corrected chi connectivity index (χ3v) is 2.54. The van der Waals surface area contributed by atoms with E-state index in [1.165, 1.54) is 0 Å². The molecular weight excluding hydrogens is 194 g/mol. The van der Waals surface area contributed by atoms with Gasteiger partial charge in [0.05, 0.1) is 12.6 Å². The van der Waals surface area contributed by atoms with Crippen LogP contribution in [0, 0.1) is 0 Å². The number of nitrogens with one attached hydrogen (secondary N) is 1. The van der Waals surface area contributed by atoms with Gasteiger partial charge in [-0.25, -0.2) is 0 Å². The van der Waals surface area contributed by atoms with E-state index >= 15 is 0 Å². The predicted molar refractivity (Wildman–Crippen MR) is 56.0 cm³/mol. The number of hydrogen-bond donors (Lipinski definition) is 3. The number of rotatable bonds is 3. The number of ether oxygens (including phenoxy) is 1. The molecule has 1 aromatic carbocycles. The Kier molecular flexibility index (Phi) is 2.79. The Morgan fingerprint density at radius 2 is 2.40 bits per heavy atom. The van der Waals surface area contributed by atoms with Gasteiger partial charge in [-0.3, -0.25) is 0 Å². The minimum Gasteiger partial charge on any atom is -0.508 e. The molecule has 0 amide bonds. The summed E-state index contributed by atoms with van der Waals surface area (Å²) >= 11 is 0. The average molecular weight is 209 g/mol. The molecule has 4 nitrogen and oxygen atoms in total. The molecule has 1 aliphatic rings. The second-order valence-corrected chi connectivity index (χ2v) is 3.84. The standard InChI is InChI=1S/C11H15NO3/c1-7(5-13)12-10-6-15-11-4-8(14)2-3-9(10)11/h2-4,7,10,12-14H,5-6H2,1H3. The topological polar surface area (TPSA) is 61.7 Å². The normalized spacial score (nSPS) is 20.8. The van der Waals surface area contributed by atoms with E-state index in [0.717, 1.165) is 11.3 Å². The molecule has 0 radical (unpaired) electrons. The molecule has 0 fully saturated rings. The second-order valence-electron chi connectivity index (χ2n) is 3.84. The van der Waals surface area contributed by atoms with Crippen molar-refractivity contribution in [3.05, 3.63) is 23.8 Å². The van der Waals surface area contributed by atoms with Crippen LogP contribution in [0.1, 0.15) is 18.5 Å². The minimum absolute atomic E-state index is 0.0401. The molecule has 2 unspecified atom stereocenters. The molecule has 0 aliphatic carbocycles. The molecule has 0 aromatic heterocycles. The fourth-order valence-corrected chi connectivity index (χ4v) is 1.73. The summed E-state index contributed by atoms with van der Waals surface area (Å²) in [6.07, 6.45) is 0. The van der Waals surface area contributed by atoms with Gasteiger partial charge >= 0.3 is 0 Å². The average Bonchev–Trinajstić information content (AvgIpc) is 2.60. The molecule has 4 heteroatoms. The summed E-state index contributed by atoms with van der Waals surface area (Å²) in [6, 6.07) is 5.24. The molecule has 15 heavy (non-hydrogen) atoms. The molecule has 1 heterocycles. The molecule has 3 N–H and O–H groups in total. The van der Waals surface area contributed by atoms with E-state index in [1.54, 1.807) is 12.1 Å². The molecule has 0 bridgehead atoms. The van der Waals surface area contributed by atoms with Crippen molar-refractivity contribution in [2.24, 2.45) is 0 Å². The van der Waals surface area contributed by atoms with Crippen LogP contribution in [-0.2, 0) is 0 Å². The van der Waals surface area contributed by atoms with Crippen molar-refractivity contribution in [3.8, 4) is 11.5 Å². The van der Waals surface area contributed by atoms with Gasteiger partial charge in [-0.2, -0.15) is 0 Å². The first-order valence-electron chi connectivity index (χ1n) is 5.03. The summed E-state index contributed by atoms with van der Waals surface area (Å²) in [5, 5.41) is 21.5. The van der Waals surface area contributed by atoms with Crippen molar-refractivity contribution >= 4 is 0 Å². The third-order valence-electron chi connectivity index (χ3n) is 2.54. The first kappa shape index (κ1) is 10.3. The van der Waals surface area contributed by atoms with Gasteiger partial charge in [0.15, 0.2) is 0 Å². The van der Waals surface area contributed by atoms with Crippen molar-refractivity contribution in [2.45, 2.75) is 19.0 Å². The maximum atomic E-state index is 9.27. The van der Waals surface area contributed by atoms with Gasteiger partial charge in [-0.15, -0.1) is 0 Å². The number of aromatic hydroxyl groups is 1. The van der Waals surface area contributed by atoms with Crippen LogP contribution in [0.4, 0.5) is 0 Å². The van der Waals surface area contributed by atoms with Crippen molar-refractivity contribution < 1.29 is 14.9 Å². The number of aliphatic hydroxyl groups is 1. The van der Waals surface area contributed by atoms with Crippen LogP contribution >= 0.6 is 0 Å². The number of phenols is 1. The van der Waals surface area contributed by atoms with E-state index in [4.69, 9.17) is 9.84 Å². The lowest BCUT2D eigenvalue weighted by Crippen LogP contribution is -2.33. The Bertz CT molecular complexity index is 354. The Balaban J connectivity index is 2.14. The highest BCUT2D eigenvalue weighted by Crippen LogP contribution is 2.34. The Hall–Kier alpha value is -1.26. The number of hydrogen-bond acceptors (Lipinski definition) is 4. The third kappa shape index (κ3) is 2.06. The lowest BCUT2D eigenvalue weighted by Gasteiger charge is -2.16. The van der Waals surface area contributed by atoms with Crippen LogP contribution in [0.5, 0.6) is 11.5 Å². The lowest BCUT2D eigenvalue weighted by atomic mass is 10.1. The van der Waals surface area contributed by atoms with Crippen molar-refractivity contribution in [3.63, 3.8) is 0 Å².